The molecule has 1 atom stereocenters. The van der Waals surface area contributed by atoms with Crippen LogP contribution < -0.4 is 4.90 Å². The molecule has 102 valence electrons. The third-order valence-electron chi connectivity index (χ3n) is 3.58. The highest BCUT2D eigenvalue weighted by atomic mass is 32.2. The van der Waals surface area contributed by atoms with Gasteiger partial charge in [0.15, 0.2) is 0 Å². The minimum Gasteiger partial charge on any atom is -0.293 e. The van der Waals surface area contributed by atoms with Crippen LogP contribution >= 0.6 is 11.8 Å². The van der Waals surface area contributed by atoms with Gasteiger partial charge in [-0.2, -0.15) is 0 Å². The van der Waals surface area contributed by atoms with Crippen LogP contribution in [0, 0.1) is 13.8 Å². The Kier molecular flexibility index (Phi) is 3.49. The SMILES string of the molecule is Cc1ccc(N2C(=O)CS[C@@H]2c2ccccn2)cc1C. The molecule has 0 aliphatic carbocycles. The molecule has 1 saturated heterocycles. The van der Waals surface area contributed by atoms with Crippen molar-refractivity contribution in [2.24, 2.45) is 0 Å². The van der Waals surface area contributed by atoms with Gasteiger partial charge in [0.25, 0.3) is 0 Å². The fourth-order valence-electron chi connectivity index (χ4n) is 2.32. The number of hydrogen-bond donors (Lipinski definition) is 0. The molecule has 0 radical (unpaired) electrons. The molecule has 1 fully saturated rings. The zero-order valence-corrected chi connectivity index (χ0v) is 12.4. The number of amides is 1. The number of hydrogen-bond acceptors (Lipinski definition) is 3. The van der Waals surface area contributed by atoms with Crippen LogP contribution in [0.4, 0.5) is 5.69 Å². The third-order valence-corrected chi connectivity index (χ3v) is 4.76. The maximum atomic E-state index is 12.2. The number of pyridine rings is 1. The van der Waals surface area contributed by atoms with Crippen molar-refractivity contribution < 1.29 is 4.79 Å². The summed E-state index contributed by atoms with van der Waals surface area (Å²) in [6.45, 7) is 4.15. The summed E-state index contributed by atoms with van der Waals surface area (Å²) in [5, 5.41) is -0.0224. The molecule has 0 unspecified atom stereocenters. The fourth-order valence-corrected chi connectivity index (χ4v) is 3.46. The van der Waals surface area contributed by atoms with Gasteiger partial charge >= 0.3 is 0 Å². The highest BCUT2D eigenvalue weighted by Gasteiger charge is 2.34. The standard InChI is InChI=1S/C16H16N2OS/c1-11-6-7-13(9-12(11)2)18-15(19)10-20-16(18)14-5-3-4-8-17-14/h3-9,16H,10H2,1-2H3/t16-/m1/s1. The Balaban J connectivity index is 2.00. The van der Waals surface area contributed by atoms with E-state index in [0.717, 1.165) is 11.4 Å². The van der Waals surface area contributed by atoms with Crippen LogP contribution in [0.5, 0.6) is 0 Å². The first-order valence-corrected chi connectivity index (χ1v) is 7.63. The van der Waals surface area contributed by atoms with Crippen LogP contribution in [0.25, 0.3) is 0 Å². The van der Waals surface area contributed by atoms with Gasteiger partial charge < -0.3 is 0 Å². The van der Waals surface area contributed by atoms with E-state index >= 15 is 0 Å². The minimum atomic E-state index is -0.0224. The number of carbonyl (C=O) groups excluding carboxylic acids is 1. The molecule has 2 heterocycles. The maximum Gasteiger partial charge on any atom is 0.238 e. The molecule has 1 aliphatic heterocycles. The molecule has 4 heteroatoms. The van der Waals surface area contributed by atoms with Gasteiger partial charge in [-0.1, -0.05) is 12.1 Å². The molecular weight excluding hydrogens is 268 g/mol. The Bertz CT molecular complexity index is 642. The Morgan fingerprint density at radius 3 is 2.75 bits per heavy atom. The summed E-state index contributed by atoms with van der Waals surface area (Å²) >= 11 is 1.63. The average molecular weight is 284 g/mol. The van der Waals surface area contributed by atoms with E-state index in [4.69, 9.17) is 0 Å². The van der Waals surface area contributed by atoms with E-state index in [-0.39, 0.29) is 11.3 Å². The highest BCUT2D eigenvalue weighted by Crippen LogP contribution is 2.41. The van der Waals surface area contributed by atoms with Gasteiger partial charge in [0.1, 0.15) is 5.37 Å². The summed E-state index contributed by atoms with van der Waals surface area (Å²) in [6, 6.07) is 12.0. The second-order valence-corrected chi connectivity index (χ2v) is 6.02. The van der Waals surface area contributed by atoms with Crippen LogP contribution in [0.3, 0.4) is 0 Å². The molecular formula is C16H16N2OS. The lowest BCUT2D eigenvalue weighted by Gasteiger charge is -2.24. The molecule has 0 N–H and O–H groups in total. The van der Waals surface area contributed by atoms with Crippen molar-refractivity contribution in [3.63, 3.8) is 0 Å². The molecule has 1 aromatic carbocycles. The summed E-state index contributed by atoms with van der Waals surface area (Å²) in [6.07, 6.45) is 1.78. The number of aryl methyl sites for hydroxylation is 2. The fraction of sp³-hybridized carbons (Fsp3) is 0.250. The molecule has 0 saturated carbocycles. The maximum absolute atomic E-state index is 12.2. The van der Waals surface area contributed by atoms with Crippen molar-refractivity contribution >= 4 is 23.4 Å². The van der Waals surface area contributed by atoms with Crippen LogP contribution in [-0.4, -0.2) is 16.6 Å². The second-order valence-electron chi connectivity index (χ2n) is 4.95. The van der Waals surface area contributed by atoms with E-state index in [1.165, 1.54) is 11.1 Å². The summed E-state index contributed by atoms with van der Waals surface area (Å²) in [4.78, 5) is 18.5. The third kappa shape index (κ3) is 2.31. The van der Waals surface area contributed by atoms with Gasteiger partial charge in [-0.05, 0) is 49.2 Å². The first-order valence-electron chi connectivity index (χ1n) is 6.58. The zero-order valence-electron chi connectivity index (χ0n) is 11.5. The topological polar surface area (TPSA) is 33.2 Å². The number of anilines is 1. The van der Waals surface area contributed by atoms with Crippen molar-refractivity contribution in [1.82, 2.24) is 4.98 Å². The van der Waals surface area contributed by atoms with E-state index in [0.29, 0.717) is 5.75 Å². The summed E-state index contributed by atoms with van der Waals surface area (Å²) in [5.41, 5.74) is 4.33. The van der Waals surface area contributed by atoms with Crippen molar-refractivity contribution in [3.8, 4) is 0 Å². The quantitative estimate of drug-likeness (QED) is 0.846. The van der Waals surface area contributed by atoms with Crippen LogP contribution in [0.1, 0.15) is 22.2 Å². The lowest BCUT2D eigenvalue weighted by molar-refractivity contribution is -0.115. The van der Waals surface area contributed by atoms with E-state index in [1.807, 2.05) is 29.2 Å². The number of aromatic nitrogens is 1. The summed E-state index contributed by atoms with van der Waals surface area (Å²) in [7, 11) is 0. The molecule has 1 aromatic heterocycles. The Labute approximate surface area is 123 Å². The van der Waals surface area contributed by atoms with Crippen LogP contribution in [-0.2, 0) is 4.79 Å². The van der Waals surface area contributed by atoms with Gasteiger partial charge in [-0.25, -0.2) is 0 Å². The van der Waals surface area contributed by atoms with Gasteiger partial charge in [-0.3, -0.25) is 14.7 Å². The van der Waals surface area contributed by atoms with Crippen LogP contribution in [0.15, 0.2) is 42.6 Å². The van der Waals surface area contributed by atoms with Gasteiger partial charge in [0, 0.05) is 11.9 Å². The number of benzene rings is 1. The minimum absolute atomic E-state index is 0.0224. The molecule has 2 aromatic rings. The largest absolute Gasteiger partial charge is 0.293 e. The van der Waals surface area contributed by atoms with E-state index < -0.39 is 0 Å². The Hall–Kier alpha value is -1.81. The van der Waals surface area contributed by atoms with Crippen molar-refractivity contribution in [3.05, 3.63) is 59.4 Å². The number of rotatable bonds is 2. The Morgan fingerprint density at radius 1 is 1.20 bits per heavy atom. The zero-order chi connectivity index (χ0) is 14.1. The van der Waals surface area contributed by atoms with Crippen molar-refractivity contribution in [2.45, 2.75) is 19.2 Å². The van der Waals surface area contributed by atoms with Gasteiger partial charge in [0.2, 0.25) is 5.91 Å². The molecule has 0 spiro atoms. The highest BCUT2D eigenvalue weighted by molar-refractivity contribution is 8.00. The summed E-state index contributed by atoms with van der Waals surface area (Å²) < 4.78 is 0. The predicted molar refractivity (Wildman–Crippen MR) is 82.8 cm³/mol. The smallest absolute Gasteiger partial charge is 0.238 e. The molecule has 20 heavy (non-hydrogen) atoms. The first kappa shape index (κ1) is 13.2. The molecule has 1 aliphatic rings. The van der Waals surface area contributed by atoms with Crippen molar-refractivity contribution in [2.75, 3.05) is 10.7 Å². The van der Waals surface area contributed by atoms with Crippen molar-refractivity contribution in [1.29, 1.82) is 0 Å². The second kappa shape index (κ2) is 5.29. The molecule has 3 rings (SSSR count). The van der Waals surface area contributed by atoms with Crippen LogP contribution in [0.2, 0.25) is 0 Å². The van der Waals surface area contributed by atoms with Gasteiger partial charge in [0.05, 0.1) is 11.4 Å². The van der Waals surface area contributed by atoms with Gasteiger partial charge in [-0.15, -0.1) is 11.8 Å². The van der Waals surface area contributed by atoms with E-state index in [9.17, 15) is 4.79 Å². The normalized spacial score (nSPS) is 18.6. The number of carbonyl (C=O) groups is 1. The number of nitrogens with zero attached hydrogens (tertiary/aromatic N) is 2. The molecule has 1 amide bonds. The lowest BCUT2D eigenvalue weighted by Crippen LogP contribution is -2.28. The first-order chi connectivity index (χ1) is 9.66. The number of thioether (sulfide) groups is 1. The lowest BCUT2D eigenvalue weighted by atomic mass is 10.1. The van der Waals surface area contributed by atoms with E-state index in [2.05, 4.69) is 31.0 Å². The average Bonchev–Trinajstić information content (AvgIpc) is 2.85. The Morgan fingerprint density at radius 2 is 2.05 bits per heavy atom. The molecule has 0 bridgehead atoms. The molecule has 3 nitrogen and oxygen atoms in total. The van der Waals surface area contributed by atoms with E-state index in [1.54, 1.807) is 18.0 Å². The summed E-state index contributed by atoms with van der Waals surface area (Å²) in [5.74, 6) is 0.655. The monoisotopic (exact) mass is 284 g/mol. The predicted octanol–water partition coefficient (Wildman–Crippen LogP) is 3.48.